The highest BCUT2D eigenvalue weighted by atomic mass is 35.5. The van der Waals surface area contributed by atoms with Gasteiger partial charge >= 0.3 is 5.97 Å². The maximum Gasteiger partial charge on any atom is 0.309 e. The predicted octanol–water partition coefficient (Wildman–Crippen LogP) is 0.0727. The number of guanidine groups is 1. The lowest BCUT2D eigenvalue weighted by Crippen LogP contribution is -2.51. The van der Waals surface area contributed by atoms with E-state index in [1.165, 1.54) is 6.92 Å². The fourth-order valence-electron chi connectivity index (χ4n) is 3.64. The van der Waals surface area contributed by atoms with Gasteiger partial charge in [-0.1, -0.05) is 26.7 Å². The Bertz CT molecular complexity index is 466. The van der Waals surface area contributed by atoms with E-state index in [0.29, 0.717) is 0 Å². The van der Waals surface area contributed by atoms with Crippen LogP contribution in [0.25, 0.3) is 0 Å². The summed E-state index contributed by atoms with van der Waals surface area (Å²) in [5.74, 6) is -2.84. The zero-order chi connectivity index (χ0) is 17.7. The van der Waals surface area contributed by atoms with Crippen LogP contribution in [0.15, 0.2) is 4.99 Å². The summed E-state index contributed by atoms with van der Waals surface area (Å²) in [7, 11) is 0. The first-order chi connectivity index (χ1) is 10.7. The molecular weight excluding hydrogens is 336 g/mol. The summed E-state index contributed by atoms with van der Waals surface area (Å²) < 4.78 is 0. The highest BCUT2D eigenvalue weighted by Gasteiger charge is 2.50. The van der Waals surface area contributed by atoms with Gasteiger partial charge < -0.3 is 27.0 Å². The standard InChI is InChI=1S/C15H28N4O4.ClH/c1-4-8(5-2)12(18-7(3)20)11-10(19-15(16)17)6-9(13(11)21)14(22)23;/h8-13,21H,4-6H2,1-3H3,(H,18,20)(H,22,23)(H4,16,17,19);1H/t9-,10+,11+,12-,13+;/m1./s1. The third kappa shape index (κ3) is 5.24. The molecule has 8 nitrogen and oxygen atoms in total. The largest absolute Gasteiger partial charge is 0.481 e. The van der Waals surface area contributed by atoms with Gasteiger partial charge in [0.05, 0.1) is 18.1 Å². The second kappa shape index (κ2) is 9.68. The van der Waals surface area contributed by atoms with E-state index in [9.17, 15) is 19.8 Å². The number of nitrogens with zero attached hydrogens (tertiary/aromatic N) is 1. The highest BCUT2D eigenvalue weighted by Crippen LogP contribution is 2.39. The van der Waals surface area contributed by atoms with E-state index in [1.54, 1.807) is 0 Å². The van der Waals surface area contributed by atoms with Crippen LogP contribution < -0.4 is 16.8 Å². The molecule has 0 unspecified atom stereocenters. The molecule has 7 N–H and O–H groups in total. The second-order valence-electron chi connectivity index (χ2n) is 6.17. The third-order valence-electron chi connectivity index (χ3n) is 4.72. The van der Waals surface area contributed by atoms with Gasteiger partial charge in [-0.3, -0.25) is 9.59 Å². The molecule has 0 saturated heterocycles. The third-order valence-corrected chi connectivity index (χ3v) is 4.72. The summed E-state index contributed by atoms with van der Waals surface area (Å²) in [5, 5.41) is 22.7. The Balaban J connectivity index is 0.00000529. The molecule has 0 aromatic rings. The van der Waals surface area contributed by atoms with Gasteiger partial charge in [-0.25, -0.2) is 4.99 Å². The molecule has 5 atom stereocenters. The first kappa shape index (κ1) is 22.5. The molecule has 0 aromatic carbocycles. The first-order valence-corrected chi connectivity index (χ1v) is 7.99. The van der Waals surface area contributed by atoms with Crippen LogP contribution in [0.2, 0.25) is 0 Å². The normalized spacial score (nSPS) is 27.2. The Labute approximate surface area is 148 Å². The Morgan fingerprint density at radius 3 is 2.21 bits per heavy atom. The van der Waals surface area contributed by atoms with Gasteiger partial charge in [-0.15, -0.1) is 12.4 Å². The smallest absolute Gasteiger partial charge is 0.309 e. The number of hydrogen-bond donors (Lipinski definition) is 5. The number of carbonyl (C=O) groups excluding carboxylic acids is 1. The zero-order valence-corrected chi connectivity index (χ0v) is 15.1. The molecule has 1 saturated carbocycles. The molecule has 24 heavy (non-hydrogen) atoms. The summed E-state index contributed by atoms with van der Waals surface area (Å²) in [5.41, 5.74) is 10.9. The predicted molar refractivity (Wildman–Crippen MR) is 93.8 cm³/mol. The van der Waals surface area contributed by atoms with Crippen LogP contribution in [0.4, 0.5) is 0 Å². The molecule has 1 aliphatic carbocycles. The zero-order valence-electron chi connectivity index (χ0n) is 14.3. The van der Waals surface area contributed by atoms with E-state index in [0.717, 1.165) is 12.8 Å². The fourth-order valence-corrected chi connectivity index (χ4v) is 3.64. The van der Waals surface area contributed by atoms with Crippen molar-refractivity contribution in [3.05, 3.63) is 0 Å². The van der Waals surface area contributed by atoms with E-state index in [1.807, 2.05) is 13.8 Å². The fraction of sp³-hybridized carbons (Fsp3) is 0.800. The number of carboxylic acid groups (broad SMARTS) is 1. The number of hydrogen-bond acceptors (Lipinski definition) is 4. The van der Waals surface area contributed by atoms with Crippen LogP contribution in [-0.2, 0) is 9.59 Å². The van der Waals surface area contributed by atoms with Crippen molar-refractivity contribution in [3.63, 3.8) is 0 Å². The number of aliphatic hydroxyl groups excluding tert-OH is 1. The number of aliphatic hydroxyl groups is 1. The lowest BCUT2D eigenvalue weighted by atomic mass is 9.80. The van der Waals surface area contributed by atoms with Crippen LogP contribution in [-0.4, -0.2) is 46.2 Å². The summed E-state index contributed by atoms with van der Waals surface area (Å²) in [6, 6.07) is -0.913. The van der Waals surface area contributed by atoms with Crippen LogP contribution in [0.1, 0.15) is 40.0 Å². The Hall–Kier alpha value is -1.54. The molecule has 1 aliphatic rings. The maximum absolute atomic E-state index is 11.6. The Morgan fingerprint density at radius 2 is 1.83 bits per heavy atom. The van der Waals surface area contributed by atoms with Gasteiger partial charge in [0.1, 0.15) is 0 Å². The molecule has 1 fully saturated rings. The number of amides is 1. The maximum atomic E-state index is 11.6. The van der Waals surface area contributed by atoms with Crippen molar-refractivity contribution in [2.75, 3.05) is 0 Å². The van der Waals surface area contributed by atoms with E-state index in [2.05, 4.69) is 10.3 Å². The van der Waals surface area contributed by atoms with Crippen molar-refractivity contribution in [2.45, 2.75) is 58.2 Å². The average molecular weight is 365 g/mol. The van der Waals surface area contributed by atoms with Gasteiger partial charge in [0.15, 0.2) is 5.96 Å². The number of nitrogens with two attached hydrogens (primary N) is 2. The Morgan fingerprint density at radius 1 is 1.29 bits per heavy atom. The number of aliphatic imine (C=N–C) groups is 1. The van der Waals surface area contributed by atoms with Gasteiger partial charge in [0, 0.05) is 18.9 Å². The monoisotopic (exact) mass is 364 g/mol. The van der Waals surface area contributed by atoms with Gasteiger partial charge in [0.2, 0.25) is 5.91 Å². The van der Waals surface area contributed by atoms with Crippen LogP contribution in [0, 0.1) is 17.8 Å². The molecule has 1 rings (SSSR count). The topological polar surface area (TPSA) is 151 Å². The van der Waals surface area contributed by atoms with Gasteiger partial charge in [0.25, 0.3) is 0 Å². The van der Waals surface area contributed by atoms with Crippen molar-refractivity contribution in [2.24, 2.45) is 34.2 Å². The lowest BCUT2D eigenvalue weighted by Gasteiger charge is -2.35. The van der Waals surface area contributed by atoms with Gasteiger partial charge in [-0.05, 0) is 12.3 Å². The second-order valence-corrected chi connectivity index (χ2v) is 6.17. The molecule has 0 heterocycles. The lowest BCUT2D eigenvalue weighted by molar-refractivity contribution is -0.145. The quantitative estimate of drug-likeness (QED) is 0.318. The molecule has 0 radical (unpaired) electrons. The minimum atomic E-state index is -1.11. The van der Waals surface area contributed by atoms with Crippen LogP contribution >= 0.6 is 12.4 Å². The van der Waals surface area contributed by atoms with Crippen molar-refractivity contribution in [1.29, 1.82) is 0 Å². The SMILES string of the molecule is CCC(CC)[C@@H](NC(C)=O)[C@H]1[C@@H](O)[C@H](C(=O)O)C[C@@H]1N=C(N)N.Cl. The Kier molecular flexibility index (Phi) is 9.06. The van der Waals surface area contributed by atoms with Crippen molar-refractivity contribution < 1.29 is 19.8 Å². The van der Waals surface area contributed by atoms with E-state index in [4.69, 9.17) is 11.5 Å². The minimum Gasteiger partial charge on any atom is -0.481 e. The number of halogens is 1. The molecule has 0 aromatic heterocycles. The summed E-state index contributed by atoms with van der Waals surface area (Å²) in [6.45, 7) is 5.39. The number of rotatable bonds is 7. The molecule has 0 aliphatic heterocycles. The van der Waals surface area contributed by atoms with Crippen LogP contribution in [0.3, 0.4) is 0 Å². The summed E-state index contributed by atoms with van der Waals surface area (Å²) in [6.07, 6.45) is 0.612. The van der Waals surface area contributed by atoms with Crippen molar-refractivity contribution >= 4 is 30.2 Å². The minimum absolute atomic E-state index is 0. The number of nitrogens with one attached hydrogen (secondary N) is 1. The number of carboxylic acids is 1. The van der Waals surface area contributed by atoms with Crippen LogP contribution in [0.5, 0.6) is 0 Å². The van der Waals surface area contributed by atoms with Crippen molar-refractivity contribution in [3.8, 4) is 0 Å². The molecule has 140 valence electrons. The van der Waals surface area contributed by atoms with E-state index >= 15 is 0 Å². The molecule has 0 bridgehead atoms. The summed E-state index contributed by atoms with van der Waals surface area (Å²) in [4.78, 5) is 27.1. The molecular formula is C15H29ClN4O4. The van der Waals surface area contributed by atoms with E-state index in [-0.39, 0.29) is 42.7 Å². The van der Waals surface area contributed by atoms with E-state index < -0.39 is 30.0 Å². The average Bonchev–Trinajstić information content (AvgIpc) is 2.74. The highest BCUT2D eigenvalue weighted by molar-refractivity contribution is 5.85. The van der Waals surface area contributed by atoms with Crippen molar-refractivity contribution in [1.82, 2.24) is 5.32 Å². The molecule has 0 spiro atoms. The molecule has 9 heteroatoms. The number of carbonyl (C=O) groups is 2. The number of aliphatic carboxylic acids is 1. The molecule has 1 amide bonds. The van der Waals surface area contributed by atoms with Gasteiger partial charge in [-0.2, -0.15) is 0 Å². The first-order valence-electron chi connectivity index (χ1n) is 7.99. The summed E-state index contributed by atoms with van der Waals surface area (Å²) >= 11 is 0.